The molecule has 4 nitrogen and oxygen atoms in total. The zero-order valence-electron chi connectivity index (χ0n) is 12.0. The van der Waals surface area contributed by atoms with Gasteiger partial charge in [-0.3, -0.25) is 9.59 Å². The third kappa shape index (κ3) is 6.62. The van der Waals surface area contributed by atoms with E-state index in [0.717, 1.165) is 19.3 Å². The number of esters is 2. The van der Waals surface area contributed by atoms with Crippen LogP contribution < -0.4 is 0 Å². The third-order valence-corrected chi connectivity index (χ3v) is 2.80. The average Bonchev–Trinajstić information content (AvgIpc) is 2.38. The van der Waals surface area contributed by atoms with Crippen LogP contribution in [0.1, 0.15) is 53.4 Å². The Morgan fingerprint density at radius 1 is 0.944 bits per heavy atom. The highest BCUT2D eigenvalue weighted by Crippen LogP contribution is 2.18. The quantitative estimate of drug-likeness (QED) is 0.471. The van der Waals surface area contributed by atoms with Crippen molar-refractivity contribution in [2.45, 2.75) is 53.4 Å². The van der Waals surface area contributed by atoms with Gasteiger partial charge in [0.2, 0.25) is 0 Å². The molecule has 1 unspecified atom stereocenters. The van der Waals surface area contributed by atoms with E-state index in [-0.39, 0.29) is 0 Å². The lowest BCUT2D eigenvalue weighted by molar-refractivity contribution is -0.163. The molecule has 0 aromatic heterocycles. The molecule has 0 aromatic carbocycles. The smallest absolute Gasteiger partial charge is 0.320 e. The lowest BCUT2D eigenvalue weighted by Crippen LogP contribution is -2.30. The minimum Gasteiger partial charge on any atom is -0.465 e. The van der Waals surface area contributed by atoms with Crippen molar-refractivity contribution in [1.82, 2.24) is 0 Å². The Balaban J connectivity index is 4.49. The van der Waals surface area contributed by atoms with E-state index in [4.69, 9.17) is 9.47 Å². The van der Waals surface area contributed by atoms with Gasteiger partial charge >= 0.3 is 11.9 Å². The molecule has 4 heteroatoms. The van der Waals surface area contributed by atoms with Crippen LogP contribution in [0.25, 0.3) is 0 Å². The van der Waals surface area contributed by atoms with E-state index in [9.17, 15) is 9.59 Å². The maximum atomic E-state index is 11.8. The van der Waals surface area contributed by atoms with Crippen LogP contribution in [0, 0.1) is 11.8 Å². The third-order valence-electron chi connectivity index (χ3n) is 2.80. The number of hydrogen-bond donors (Lipinski definition) is 0. The molecule has 0 fully saturated rings. The summed E-state index contributed by atoms with van der Waals surface area (Å²) in [6.45, 7) is 8.62. The zero-order chi connectivity index (χ0) is 14.0. The molecule has 0 bridgehead atoms. The van der Waals surface area contributed by atoms with Crippen LogP contribution in [0.5, 0.6) is 0 Å². The van der Waals surface area contributed by atoms with E-state index in [1.54, 1.807) is 0 Å². The van der Waals surface area contributed by atoms with Crippen LogP contribution in [0.4, 0.5) is 0 Å². The normalized spacial score (nSPS) is 12.3. The number of carbonyl (C=O) groups is 2. The fourth-order valence-corrected chi connectivity index (χ4v) is 1.46. The van der Waals surface area contributed by atoms with Crippen molar-refractivity contribution in [1.29, 1.82) is 0 Å². The molecular formula is C14H26O4. The van der Waals surface area contributed by atoms with Gasteiger partial charge < -0.3 is 9.47 Å². The van der Waals surface area contributed by atoms with Crippen molar-refractivity contribution in [3.8, 4) is 0 Å². The topological polar surface area (TPSA) is 52.6 Å². The standard InChI is InChI=1S/C14H26O4/c1-5-8-17-13(15)12(10-11(4)7-3)14(16)18-9-6-2/h11-12H,5-10H2,1-4H3. The van der Waals surface area contributed by atoms with Crippen molar-refractivity contribution in [2.75, 3.05) is 13.2 Å². The molecule has 106 valence electrons. The molecule has 0 spiro atoms. The Hall–Kier alpha value is -1.06. The van der Waals surface area contributed by atoms with Gasteiger partial charge in [0.1, 0.15) is 0 Å². The Morgan fingerprint density at radius 2 is 1.39 bits per heavy atom. The Kier molecular flexibility index (Phi) is 9.33. The van der Waals surface area contributed by atoms with Gasteiger partial charge in [0, 0.05) is 0 Å². The van der Waals surface area contributed by atoms with Crippen LogP contribution in [-0.2, 0) is 19.1 Å². The highest BCUT2D eigenvalue weighted by Gasteiger charge is 2.30. The SMILES string of the molecule is CCCOC(=O)C(CC(C)CC)C(=O)OCCC. The summed E-state index contributed by atoms with van der Waals surface area (Å²) in [7, 11) is 0. The fraction of sp³-hybridized carbons (Fsp3) is 0.857. The number of carbonyl (C=O) groups excluding carboxylic acids is 2. The molecule has 0 radical (unpaired) electrons. The molecule has 0 aliphatic heterocycles. The van der Waals surface area contributed by atoms with E-state index in [1.807, 2.05) is 27.7 Å². The molecule has 1 atom stereocenters. The first-order chi connectivity index (χ1) is 8.56. The van der Waals surface area contributed by atoms with Crippen LogP contribution in [0.15, 0.2) is 0 Å². The maximum Gasteiger partial charge on any atom is 0.320 e. The number of ether oxygens (including phenoxy) is 2. The van der Waals surface area contributed by atoms with Gasteiger partial charge in [-0.05, 0) is 25.2 Å². The highest BCUT2D eigenvalue weighted by atomic mass is 16.6. The van der Waals surface area contributed by atoms with Gasteiger partial charge in [0.05, 0.1) is 13.2 Å². The Bertz CT molecular complexity index is 230. The molecule has 0 aromatic rings. The molecule has 0 saturated heterocycles. The van der Waals surface area contributed by atoms with Gasteiger partial charge in [-0.15, -0.1) is 0 Å². The molecule has 0 saturated carbocycles. The highest BCUT2D eigenvalue weighted by molar-refractivity contribution is 5.94. The minimum atomic E-state index is -0.766. The largest absolute Gasteiger partial charge is 0.465 e. The summed E-state index contributed by atoms with van der Waals surface area (Å²) in [4.78, 5) is 23.7. The summed E-state index contributed by atoms with van der Waals surface area (Å²) in [5.41, 5.74) is 0. The van der Waals surface area contributed by atoms with Crippen LogP contribution >= 0.6 is 0 Å². The summed E-state index contributed by atoms with van der Waals surface area (Å²) in [5, 5.41) is 0. The molecule has 0 aliphatic carbocycles. The fourth-order valence-electron chi connectivity index (χ4n) is 1.46. The number of hydrogen-bond acceptors (Lipinski definition) is 4. The Labute approximate surface area is 110 Å². The Morgan fingerprint density at radius 3 is 1.72 bits per heavy atom. The summed E-state index contributed by atoms with van der Waals surface area (Å²) in [6.07, 6.45) is 2.94. The van der Waals surface area contributed by atoms with E-state index >= 15 is 0 Å². The summed E-state index contributed by atoms with van der Waals surface area (Å²) < 4.78 is 10.1. The van der Waals surface area contributed by atoms with E-state index < -0.39 is 17.9 Å². The lowest BCUT2D eigenvalue weighted by atomic mass is 9.94. The second-order valence-corrected chi connectivity index (χ2v) is 4.64. The average molecular weight is 258 g/mol. The van der Waals surface area contributed by atoms with Gasteiger partial charge in [-0.1, -0.05) is 34.1 Å². The van der Waals surface area contributed by atoms with E-state index in [1.165, 1.54) is 0 Å². The maximum absolute atomic E-state index is 11.8. The first-order valence-corrected chi connectivity index (χ1v) is 6.89. The monoisotopic (exact) mass is 258 g/mol. The van der Waals surface area contributed by atoms with Crippen LogP contribution in [0.3, 0.4) is 0 Å². The predicted molar refractivity (Wildman–Crippen MR) is 70.1 cm³/mol. The van der Waals surface area contributed by atoms with Gasteiger partial charge in [-0.25, -0.2) is 0 Å². The molecule has 18 heavy (non-hydrogen) atoms. The molecule has 0 heterocycles. The number of rotatable bonds is 9. The van der Waals surface area contributed by atoms with Crippen molar-refractivity contribution in [2.24, 2.45) is 11.8 Å². The first kappa shape index (κ1) is 16.9. The summed E-state index contributed by atoms with van der Waals surface area (Å²) in [5.74, 6) is -1.35. The minimum absolute atomic E-state index is 0.304. The lowest BCUT2D eigenvalue weighted by Gasteiger charge is -2.17. The summed E-state index contributed by atoms with van der Waals surface area (Å²) >= 11 is 0. The summed E-state index contributed by atoms with van der Waals surface area (Å²) in [6, 6.07) is 0. The van der Waals surface area contributed by atoms with Crippen LogP contribution in [-0.4, -0.2) is 25.2 Å². The van der Waals surface area contributed by atoms with Crippen LogP contribution in [0.2, 0.25) is 0 Å². The predicted octanol–water partition coefficient (Wildman–Crippen LogP) is 2.95. The molecule has 0 amide bonds. The van der Waals surface area contributed by atoms with Crippen molar-refractivity contribution in [3.63, 3.8) is 0 Å². The second-order valence-electron chi connectivity index (χ2n) is 4.64. The zero-order valence-corrected chi connectivity index (χ0v) is 12.0. The molecular weight excluding hydrogens is 232 g/mol. The second kappa shape index (κ2) is 9.92. The van der Waals surface area contributed by atoms with Crippen molar-refractivity contribution in [3.05, 3.63) is 0 Å². The van der Waals surface area contributed by atoms with Gasteiger partial charge in [0.25, 0.3) is 0 Å². The van der Waals surface area contributed by atoms with E-state index in [0.29, 0.717) is 25.6 Å². The van der Waals surface area contributed by atoms with E-state index in [2.05, 4.69) is 0 Å². The first-order valence-electron chi connectivity index (χ1n) is 6.89. The molecule has 0 rings (SSSR count). The van der Waals surface area contributed by atoms with Crippen molar-refractivity contribution >= 4 is 11.9 Å². The molecule has 0 aliphatic rings. The van der Waals surface area contributed by atoms with Gasteiger partial charge in [-0.2, -0.15) is 0 Å². The van der Waals surface area contributed by atoms with Crippen molar-refractivity contribution < 1.29 is 19.1 Å². The van der Waals surface area contributed by atoms with Gasteiger partial charge in [0.15, 0.2) is 5.92 Å². The molecule has 0 N–H and O–H groups in total.